The Bertz CT molecular complexity index is 747. The molecule has 2 aromatic rings. The second kappa shape index (κ2) is 6.98. The molecule has 1 aromatic heterocycles. The van der Waals surface area contributed by atoms with Crippen molar-refractivity contribution in [2.24, 2.45) is 5.92 Å². The van der Waals surface area contributed by atoms with E-state index < -0.39 is 0 Å². The first kappa shape index (κ1) is 16.3. The van der Waals surface area contributed by atoms with Gasteiger partial charge >= 0.3 is 0 Å². The van der Waals surface area contributed by atoms with Gasteiger partial charge in [-0.15, -0.1) is 11.3 Å². The molecule has 0 bridgehead atoms. The molecule has 2 aliphatic rings. The van der Waals surface area contributed by atoms with Crippen LogP contribution in [0.2, 0.25) is 0 Å². The lowest BCUT2D eigenvalue weighted by Gasteiger charge is -2.37. The third kappa shape index (κ3) is 3.19. The summed E-state index contributed by atoms with van der Waals surface area (Å²) in [6.07, 6.45) is 0.420. The van der Waals surface area contributed by atoms with Crippen molar-refractivity contribution in [3.63, 3.8) is 0 Å². The lowest BCUT2D eigenvalue weighted by atomic mass is 9.92. The average Bonchev–Trinajstić information content (AvgIpc) is 3.14. The normalized spacial score (nSPS) is 23.9. The van der Waals surface area contributed by atoms with Crippen molar-refractivity contribution in [3.8, 4) is 0 Å². The van der Waals surface area contributed by atoms with Gasteiger partial charge in [0, 0.05) is 25.3 Å². The van der Waals surface area contributed by atoms with Gasteiger partial charge in [-0.25, -0.2) is 0 Å². The van der Waals surface area contributed by atoms with Gasteiger partial charge in [-0.3, -0.25) is 9.59 Å². The summed E-state index contributed by atoms with van der Waals surface area (Å²) in [5.74, 6) is -0.0410. The highest BCUT2D eigenvalue weighted by Gasteiger charge is 2.40. The molecule has 1 aromatic carbocycles. The van der Waals surface area contributed by atoms with E-state index in [-0.39, 0.29) is 23.8 Å². The van der Waals surface area contributed by atoms with E-state index in [9.17, 15) is 9.59 Å². The van der Waals surface area contributed by atoms with Crippen LogP contribution in [0.3, 0.4) is 0 Å². The van der Waals surface area contributed by atoms with E-state index in [2.05, 4.69) is 0 Å². The van der Waals surface area contributed by atoms with Gasteiger partial charge in [0.25, 0.3) is 5.91 Å². The summed E-state index contributed by atoms with van der Waals surface area (Å²) >= 11 is 1.45. The summed E-state index contributed by atoms with van der Waals surface area (Å²) in [6.45, 7) is 2.11. The van der Waals surface area contributed by atoms with Crippen LogP contribution >= 0.6 is 11.3 Å². The van der Waals surface area contributed by atoms with Crippen LogP contribution in [0.1, 0.15) is 16.1 Å². The number of rotatable bonds is 2. The van der Waals surface area contributed by atoms with Gasteiger partial charge in [0.2, 0.25) is 5.91 Å². The number of nitrogens with zero attached hydrogens (tertiary/aromatic N) is 2. The van der Waals surface area contributed by atoms with Gasteiger partial charge in [0.05, 0.1) is 23.5 Å². The SMILES string of the molecule is O=C(c1cccs1)N1CC[C@H]2C(=O)N(c3ccccc3)CCO[C@H]2C1. The number of para-hydroxylation sites is 1. The smallest absolute Gasteiger partial charge is 0.264 e. The first-order valence-electron chi connectivity index (χ1n) is 8.55. The van der Waals surface area contributed by atoms with Gasteiger partial charge in [-0.1, -0.05) is 24.3 Å². The summed E-state index contributed by atoms with van der Waals surface area (Å²) < 4.78 is 5.97. The van der Waals surface area contributed by atoms with Gasteiger partial charge in [0.15, 0.2) is 0 Å². The van der Waals surface area contributed by atoms with Crippen molar-refractivity contribution in [2.75, 3.05) is 31.1 Å². The van der Waals surface area contributed by atoms with E-state index in [0.29, 0.717) is 32.7 Å². The Morgan fingerprint density at radius 1 is 1.12 bits per heavy atom. The monoisotopic (exact) mass is 356 g/mol. The molecule has 0 aliphatic carbocycles. The van der Waals surface area contributed by atoms with Crippen LogP contribution in [-0.2, 0) is 9.53 Å². The number of carbonyl (C=O) groups is 2. The number of hydrogen-bond donors (Lipinski definition) is 0. The highest BCUT2D eigenvalue weighted by molar-refractivity contribution is 7.12. The molecule has 2 fully saturated rings. The zero-order valence-corrected chi connectivity index (χ0v) is 14.7. The molecule has 3 heterocycles. The van der Waals surface area contributed by atoms with Crippen LogP contribution in [0.4, 0.5) is 5.69 Å². The van der Waals surface area contributed by atoms with Crippen molar-refractivity contribution in [2.45, 2.75) is 12.5 Å². The number of benzene rings is 1. The zero-order chi connectivity index (χ0) is 17.2. The number of carbonyl (C=O) groups excluding carboxylic acids is 2. The van der Waals surface area contributed by atoms with E-state index in [0.717, 1.165) is 10.6 Å². The van der Waals surface area contributed by atoms with Crippen molar-refractivity contribution < 1.29 is 14.3 Å². The fraction of sp³-hybridized carbons (Fsp3) is 0.368. The van der Waals surface area contributed by atoms with Crippen molar-refractivity contribution in [3.05, 3.63) is 52.7 Å². The molecule has 130 valence electrons. The van der Waals surface area contributed by atoms with E-state index in [1.54, 1.807) is 0 Å². The first-order chi connectivity index (χ1) is 12.2. The molecule has 2 aliphatic heterocycles. The first-order valence-corrected chi connectivity index (χ1v) is 9.43. The van der Waals surface area contributed by atoms with E-state index in [1.807, 2.05) is 57.6 Å². The van der Waals surface area contributed by atoms with Crippen LogP contribution in [0, 0.1) is 5.92 Å². The number of thiophene rings is 1. The molecule has 6 heteroatoms. The fourth-order valence-corrected chi connectivity index (χ4v) is 4.27. The molecule has 0 N–H and O–H groups in total. The van der Waals surface area contributed by atoms with Crippen LogP contribution in [0.15, 0.2) is 47.8 Å². The Hall–Kier alpha value is -2.18. The van der Waals surface area contributed by atoms with Crippen LogP contribution in [-0.4, -0.2) is 49.1 Å². The Kier molecular flexibility index (Phi) is 4.55. The molecule has 0 spiro atoms. The lowest BCUT2D eigenvalue weighted by Crippen LogP contribution is -2.51. The Labute approximate surface area is 150 Å². The maximum Gasteiger partial charge on any atom is 0.264 e. The number of hydrogen-bond acceptors (Lipinski definition) is 4. The third-order valence-electron chi connectivity index (χ3n) is 4.88. The molecule has 2 atom stereocenters. The summed E-state index contributed by atoms with van der Waals surface area (Å²) in [5.41, 5.74) is 0.911. The topological polar surface area (TPSA) is 49.9 Å². The molecule has 2 saturated heterocycles. The van der Waals surface area contributed by atoms with Crippen LogP contribution in [0.5, 0.6) is 0 Å². The standard InChI is InChI=1S/C19H20N2O3S/c22-18-15-8-9-20(19(23)17-7-4-12-25-17)13-16(15)24-11-10-21(18)14-5-2-1-3-6-14/h1-7,12,15-16H,8-11,13H2/t15-,16+/m1/s1. The zero-order valence-electron chi connectivity index (χ0n) is 13.8. The summed E-state index contributed by atoms with van der Waals surface area (Å²) in [5, 5.41) is 1.91. The van der Waals surface area contributed by atoms with Gasteiger partial charge in [-0.2, -0.15) is 0 Å². The Morgan fingerprint density at radius 3 is 2.72 bits per heavy atom. The molecular weight excluding hydrogens is 336 g/mol. The molecule has 0 radical (unpaired) electrons. The van der Waals surface area contributed by atoms with Gasteiger partial charge < -0.3 is 14.5 Å². The number of fused-ring (bicyclic) bond motifs is 1. The molecule has 5 nitrogen and oxygen atoms in total. The van der Waals surface area contributed by atoms with Gasteiger partial charge in [0.1, 0.15) is 0 Å². The molecule has 4 rings (SSSR count). The summed E-state index contributed by atoms with van der Waals surface area (Å²) in [7, 11) is 0. The molecule has 2 amide bonds. The minimum Gasteiger partial charge on any atom is -0.374 e. The average molecular weight is 356 g/mol. The van der Waals surface area contributed by atoms with Crippen LogP contribution in [0.25, 0.3) is 0 Å². The summed E-state index contributed by atoms with van der Waals surface area (Å²) in [6, 6.07) is 13.5. The maximum absolute atomic E-state index is 13.0. The van der Waals surface area contributed by atoms with E-state index in [4.69, 9.17) is 4.74 Å². The highest BCUT2D eigenvalue weighted by atomic mass is 32.1. The second-order valence-electron chi connectivity index (χ2n) is 6.36. The fourth-order valence-electron chi connectivity index (χ4n) is 3.58. The minimum atomic E-state index is -0.223. The molecular formula is C19H20N2O3S. The van der Waals surface area contributed by atoms with E-state index >= 15 is 0 Å². The molecule has 25 heavy (non-hydrogen) atoms. The predicted molar refractivity (Wildman–Crippen MR) is 96.9 cm³/mol. The largest absolute Gasteiger partial charge is 0.374 e. The number of amides is 2. The number of piperidine rings is 1. The predicted octanol–water partition coefficient (Wildman–Crippen LogP) is 2.64. The molecule has 0 unspecified atom stereocenters. The number of likely N-dealkylation sites (tertiary alicyclic amines) is 1. The summed E-state index contributed by atoms with van der Waals surface area (Å²) in [4.78, 5) is 30.0. The minimum absolute atomic E-state index is 0.0358. The number of anilines is 1. The Balaban J connectivity index is 1.50. The highest BCUT2D eigenvalue weighted by Crippen LogP contribution is 2.29. The van der Waals surface area contributed by atoms with E-state index in [1.165, 1.54) is 11.3 Å². The molecule has 0 saturated carbocycles. The lowest BCUT2D eigenvalue weighted by molar-refractivity contribution is -0.127. The van der Waals surface area contributed by atoms with Crippen molar-refractivity contribution in [1.82, 2.24) is 4.90 Å². The van der Waals surface area contributed by atoms with Crippen molar-refractivity contribution >= 4 is 28.8 Å². The Morgan fingerprint density at radius 2 is 1.96 bits per heavy atom. The third-order valence-corrected chi connectivity index (χ3v) is 5.73. The second-order valence-corrected chi connectivity index (χ2v) is 7.31. The van der Waals surface area contributed by atoms with Crippen LogP contribution < -0.4 is 4.90 Å². The quantitative estimate of drug-likeness (QED) is 0.831. The number of ether oxygens (including phenoxy) is 1. The maximum atomic E-state index is 13.0. The van der Waals surface area contributed by atoms with Gasteiger partial charge in [-0.05, 0) is 30.0 Å². The van der Waals surface area contributed by atoms with Crippen molar-refractivity contribution in [1.29, 1.82) is 0 Å².